The summed E-state index contributed by atoms with van der Waals surface area (Å²) in [6, 6.07) is 7.92. The van der Waals surface area contributed by atoms with Crippen molar-refractivity contribution >= 4 is 16.2 Å². The molecular formula is C13H20N2O4S. The summed E-state index contributed by atoms with van der Waals surface area (Å²) >= 11 is 0. The van der Waals surface area contributed by atoms with Crippen molar-refractivity contribution in [3.05, 3.63) is 35.9 Å². The second-order valence-electron chi connectivity index (χ2n) is 4.46. The van der Waals surface area contributed by atoms with Crippen molar-refractivity contribution in [3.63, 3.8) is 0 Å². The smallest absolute Gasteiger partial charge is 0.321 e. The van der Waals surface area contributed by atoms with Gasteiger partial charge in [0.15, 0.2) is 0 Å². The van der Waals surface area contributed by atoms with Crippen LogP contribution in [0.1, 0.15) is 31.7 Å². The van der Waals surface area contributed by atoms with Crippen LogP contribution in [0.4, 0.5) is 0 Å². The zero-order chi connectivity index (χ0) is 15.0. The van der Waals surface area contributed by atoms with Gasteiger partial charge < -0.3 is 5.11 Å². The molecule has 1 aromatic carbocycles. The molecule has 1 unspecified atom stereocenters. The molecule has 7 heteroatoms. The molecule has 3 N–H and O–H groups in total. The van der Waals surface area contributed by atoms with Crippen LogP contribution in [0, 0.1) is 0 Å². The zero-order valence-electron chi connectivity index (χ0n) is 11.4. The van der Waals surface area contributed by atoms with Gasteiger partial charge in [0.05, 0.1) is 0 Å². The molecule has 20 heavy (non-hydrogen) atoms. The molecule has 0 radical (unpaired) electrons. The molecule has 0 heterocycles. The fraction of sp³-hybridized carbons (Fsp3) is 0.462. The Morgan fingerprint density at radius 2 is 1.95 bits per heavy atom. The van der Waals surface area contributed by atoms with Crippen molar-refractivity contribution in [2.75, 3.05) is 0 Å². The van der Waals surface area contributed by atoms with Crippen LogP contribution in [0.2, 0.25) is 0 Å². The molecule has 0 amide bonds. The highest BCUT2D eigenvalue weighted by molar-refractivity contribution is 7.87. The molecule has 0 saturated carbocycles. The van der Waals surface area contributed by atoms with Crippen molar-refractivity contribution in [1.29, 1.82) is 0 Å². The predicted molar refractivity (Wildman–Crippen MR) is 76.3 cm³/mol. The topological polar surface area (TPSA) is 95.5 Å². The number of hydrogen-bond donors (Lipinski definition) is 3. The van der Waals surface area contributed by atoms with E-state index in [9.17, 15) is 13.2 Å². The number of nitrogens with one attached hydrogen (secondary N) is 2. The van der Waals surface area contributed by atoms with Gasteiger partial charge in [-0.1, -0.05) is 50.1 Å². The van der Waals surface area contributed by atoms with E-state index in [1.165, 1.54) is 0 Å². The number of hydrogen-bond acceptors (Lipinski definition) is 3. The standard InChI is InChI=1S/C13H20N2O4S/c1-2-3-9-12(13(16)17)15-20(18,19)14-10-11-7-5-4-6-8-11/h4-8,12,14-15H,2-3,9-10H2,1H3,(H,16,17). The summed E-state index contributed by atoms with van der Waals surface area (Å²) in [5.74, 6) is -1.16. The van der Waals surface area contributed by atoms with Gasteiger partial charge in [-0.2, -0.15) is 17.9 Å². The fourth-order valence-corrected chi connectivity index (χ4v) is 2.68. The van der Waals surface area contributed by atoms with E-state index >= 15 is 0 Å². The lowest BCUT2D eigenvalue weighted by atomic mass is 10.1. The second kappa shape index (κ2) is 7.98. The number of carboxylic acids is 1. The van der Waals surface area contributed by atoms with E-state index < -0.39 is 22.2 Å². The summed E-state index contributed by atoms with van der Waals surface area (Å²) in [6.45, 7) is 2.04. The lowest BCUT2D eigenvalue weighted by molar-refractivity contribution is -0.139. The molecule has 0 aromatic heterocycles. The Morgan fingerprint density at radius 3 is 2.50 bits per heavy atom. The van der Waals surface area contributed by atoms with Crippen LogP contribution < -0.4 is 9.44 Å². The first-order chi connectivity index (χ1) is 9.44. The van der Waals surface area contributed by atoms with Crippen LogP contribution >= 0.6 is 0 Å². The average molecular weight is 300 g/mol. The Bertz CT molecular complexity index is 516. The molecule has 0 aliphatic heterocycles. The fourth-order valence-electron chi connectivity index (χ4n) is 1.64. The van der Waals surface area contributed by atoms with Crippen molar-refractivity contribution in [2.45, 2.75) is 38.8 Å². The van der Waals surface area contributed by atoms with Gasteiger partial charge in [0.25, 0.3) is 10.2 Å². The lowest BCUT2D eigenvalue weighted by Crippen LogP contribution is -2.46. The van der Waals surface area contributed by atoms with Gasteiger partial charge in [0.1, 0.15) is 6.04 Å². The molecule has 0 saturated heterocycles. The quantitative estimate of drug-likeness (QED) is 0.639. The molecule has 1 atom stereocenters. The van der Waals surface area contributed by atoms with Gasteiger partial charge in [-0.05, 0) is 12.0 Å². The summed E-state index contributed by atoms with van der Waals surface area (Å²) in [6.07, 6.45) is 1.74. The van der Waals surface area contributed by atoms with Crippen molar-refractivity contribution < 1.29 is 18.3 Å². The predicted octanol–water partition coefficient (Wildman–Crippen LogP) is 1.25. The van der Waals surface area contributed by atoms with Gasteiger partial charge in [0.2, 0.25) is 0 Å². The Labute approximate surface area is 119 Å². The van der Waals surface area contributed by atoms with Gasteiger partial charge >= 0.3 is 5.97 Å². The number of rotatable bonds is 9. The third kappa shape index (κ3) is 6.14. The van der Waals surface area contributed by atoms with Gasteiger partial charge in [-0.3, -0.25) is 4.79 Å². The minimum absolute atomic E-state index is 0.121. The second-order valence-corrected chi connectivity index (χ2v) is 5.99. The first-order valence-electron chi connectivity index (χ1n) is 6.48. The largest absolute Gasteiger partial charge is 0.480 e. The van der Waals surface area contributed by atoms with E-state index in [-0.39, 0.29) is 13.0 Å². The lowest BCUT2D eigenvalue weighted by Gasteiger charge is -2.15. The monoisotopic (exact) mass is 300 g/mol. The Balaban J connectivity index is 2.56. The highest BCUT2D eigenvalue weighted by Crippen LogP contribution is 2.03. The summed E-state index contributed by atoms with van der Waals surface area (Å²) in [4.78, 5) is 11.0. The molecule has 1 rings (SSSR count). The maximum atomic E-state index is 11.8. The van der Waals surface area contributed by atoms with Crippen LogP contribution in [0.5, 0.6) is 0 Å². The molecule has 0 aliphatic carbocycles. The number of carbonyl (C=O) groups is 1. The molecule has 0 bridgehead atoms. The number of aliphatic carboxylic acids is 1. The van der Waals surface area contributed by atoms with E-state index in [1.807, 2.05) is 13.0 Å². The molecule has 0 aliphatic rings. The highest BCUT2D eigenvalue weighted by Gasteiger charge is 2.22. The maximum Gasteiger partial charge on any atom is 0.321 e. The molecule has 0 spiro atoms. The normalized spacial score (nSPS) is 13.1. The van der Waals surface area contributed by atoms with Crippen LogP contribution in [0.15, 0.2) is 30.3 Å². The SMILES string of the molecule is CCCCC(NS(=O)(=O)NCc1ccccc1)C(=O)O. The van der Waals surface area contributed by atoms with E-state index in [1.54, 1.807) is 24.3 Å². The summed E-state index contributed by atoms with van der Waals surface area (Å²) in [5.41, 5.74) is 0.804. The summed E-state index contributed by atoms with van der Waals surface area (Å²) in [5, 5.41) is 8.99. The van der Waals surface area contributed by atoms with Crippen LogP contribution in [-0.2, 0) is 21.5 Å². The van der Waals surface area contributed by atoms with Crippen LogP contribution in [0.25, 0.3) is 0 Å². The minimum Gasteiger partial charge on any atom is -0.480 e. The minimum atomic E-state index is -3.84. The third-order valence-corrected chi connectivity index (χ3v) is 3.87. The van der Waals surface area contributed by atoms with Crippen LogP contribution in [0.3, 0.4) is 0 Å². The Kier molecular flexibility index (Phi) is 6.63. The molecule has 1 aromatic rings. The Hall–Kier alpha value is -1.44. The van der Waals surface area contributed by atoms with Crippen molar-refractivity contribution in [3.8, 4) is 0 Å². The van der Waals surface area contributed by atoms with E-state index in [0.717, 1.165) is 12.0 Å². The summed E-state index contributed by atoms with van der Waals surface area (Å²) in [7, 11) is -3.84. The molecule has 112 valence electrons. The van der Waals surface area contributed by atoms with Crippen molar-refractivity contribution in [1.82, 2.24) is 9.44 Å². The summed E-state index contributed by atoms with van der Waals surface area (Å²) < 4.78 is 28.1. The average Bonchev–Trinajstić information content (AvgIpc) is 2.42. The van der Waals surface area contributed by atoms with Gasteiger partial charge in [0, 0.05) is 6.54 Å². The van der Waals surface area contributed by atoms with Crippen LogP contribution in [-0.4, -0.2) is 25.5 Å². The highest BCUT2D eigenvalue weighted by atomic mass is 32.2. The number of benzene rings is 1. The molecule has 6 nitrogen and oxygen atoms in total. The molecule has 0 fully saturated rings. The molecular weight excluding hydrogens is 280 g/mol. The third-order valence-electron chi connectivity index (χ3n) is 2.75. The first kappa shape index (κ1) is 16.6. The Morgan fingerprint density at radius 1 is 1.30 bits per heavy atom. The van der Waals surface area contributed by atoms with E-state index in [2.05, 4.69) is 9.44 Å². The van der Waals surface area contributed by atoms with E-state index in [4.69, 9.17) is 5.11 Å². The van der Waals surface area contributed by atoms with Gasteiger partial charge in [-0.25, -0.2) is 0 Å². The zero-order valence-corrected chi connectivity index (χ0v) is 12.2. The maximum absolute atomic E-state index is 11.8. The number of carboxylic acid groups (broad SMARTS) is 1. The first-order valence-corrected chi connectivity index (χ1v) is 7.96. The number of unbranched alkanes of at least 4 members (excludes halogenated alkanes) is 1. The van der Waals surface area contributed by atoms with Crippen molar-refractivity contribution in [2.24, 2.45) is 0 Å². The van der Waals surface area contributed by atoms with Gasteiger partial charge in [-0.15, -0.1) is 0 Å². The van der Waals surface area contributed by atoms with E-state index in [0.29, 0.717) is 6.42 Å².